The van der Waals surface area contributed by atoms with Crippen LogP contribution in [0.15, 0.2) is 41.0 Å². The maximum Gasteiger partial charge on any atom is 0.340 e. The number of esters is 1. The lowest BCUT2D eigenvalue weighted by Gasteiger charge is -2.09. The molecule has 2 N–H and O–H groups in total. The van der Waals surface area contributed by atoms with Crippen molar-refractivity contribution in [3.8, 4) is 0 Å². The highest BCUT2D eigenvalue weighted by atomic mass is 79.9. The van der Waals surface area contributed by atoms with Crippen LogP contribution in [0.1, 0.15) is 27.7 Å². The van der Waals surface area contributed by atoms with Gasteiger partial charge in [-0.1, -0.05) is 25.1 Å². The second-order valence-corrected chi connectivity index (χ2v) is 8.39. The number of ether oxygens (including phenoxy) is 1. The van der Waals surface area contributed by atoms with Crippen molar-refractivity contribution in [2.45, 2.75) is 19.9 Å². The molecule has 6 nitrogen and oxygen atoms in total. The van der Waals surface area contributed by atoms with Crippen LogP contribution in [0, 0.1) is 5.82 Å². The first kappa shape index (κ1) is 21.4. The van der Waals surface area contributed by atoms with Crippen LogP contribution >= 0.6 is 39.5 Å². The van der Waals surface area contributed by atoms with E-state index in [1.165, 1.54) is 24.5 Å². The molecule has 3 rings (SSSR count). The number of carbonyl (C=O) groups excluding carboxylic acids is 1. The van der Waals surface area contributed by atoms with Crippen LogP contribution in [-0.4, -0.2) is 28.0 Å². The average Bonchev–Trinajstić information content (AvgIpc) is 3.26. The molecule has 0 aliphatic rings. The Bertz CT molecular complexity index is 1050. The number of nitrogens with zero attached hydrogens (tertiary/aromatic N) is 2. The lowest BCUT2D eigenvalue weighted by Crippen LogP contribution is -2.20. The van der Waals surface area contributed by atoms with E-state index >= 15 is 0 Å². The minimum atomic E-state index is -0.429. The Morgan fingerprint density at radius 2 is 2.14 bits per heavy atom. The molecule has 0 atom stereocenters. The second-order valence-electron chi connectivity index (χ2n) is 5.99. The highest BCUT2D eigenvalue weighted by molar-refractivity contribution is 9.10. The first-order valence-electron chi connectivity index (χ1n) is 8.66. The van der Waals surface area contributed by atoms with Crippen molar-refractivity contribution < 1.29 is 13.9 Å². The molecule has 0 fully saturated rings. The van der Waals surface area contributed by atoms with E-state index in [0.717, 1.165) is 11.3 Å². The molecule has 0 radical (unpaired) electrons. The number of aromatic nitrogens is 2. The number of aryl methyl sites for hydroxylation is 1. The summed E-state index contributed by atoms with van der Waals surface area (Å²) in [7, 11) is 1.34. The van der Waals surface area contributed by atoms with Gasteiger partial charge in [-0.3, -0.25) is 4.68 Å². The third-order valence-electron chi connectivity index (χ3n) is 4.00. The number of nitrogens with one attached hydrogen (secondary N) is 2. The van der Waals surface area contributed by atoms with E-state index in [-0.39, 0.29) is 17.5 Å². The largest absolute Gasteiger partial charge is 0.465 e. The Hall–Kier alpha value is -2.30. The lowest BCUT2D eigenvalue weighted by atomic mass is 10.2. The molecule has 0 unspecified atom stereocenters. The molecule has 0 saturated heterocycles. The smallest absolute Gasteiger partial charge is 0.340 e. The fourth-order valence-electron chi connectivity index (χ4n) is 2.58. The molecule has 3 aromatic rings. The number of benzene rings is 1. The zero-order chi connectivity index (χ0) is 21.0. The normalized spacial score (nSPS) is 10.6. The van der Waals surface area contributed by atoms with Gasteiger partial charge in [0.15, 0.2) is 10.9 Å². The minimum absolute atomic E-state index is 0.275. The van der Waals surface area contributed by atoms with Crippen LogP contribution < -0.4 is 10.6 Å². The monoisotopic (exact) mass is 496 g/mol. The van der Waals surface area contributed by atoms with E-state index in [4.69, 9.17) is 17.0 Å². The molecule has 0 aliphatic carbocycles. The van der Waals surface area contributed by atoms with Crippen LogP contribution in [0.3, 0.4) is 0 Å². The minimum Gasteiger partial charge on any atom is -0.465 e. The Morgan fingerprint density at radius 1 is 1.38 bits per heavy atom. The van der Waals surface area contributed by atoms with Crippen LogP contribution in [0.5, 0.6) is 0 Å². The zero-order valence-electron chi connectivity index (χ0n) is 15.7. The Kier molecular flexibility index (Phi) is 6.99. The van der Waals surface area contributed by atoms with E-state index in [0.29, 0.717) is 26.4 Å². The molecule has 0 spiro atoms. The van der Waals surface area contributed by atoms with Gasteiger partial charge in [0, 0.05) is 16.6 Å². The van der Waals surface area contributed by atoms with Gasteiger partial charge < -0.3 is 15.4 Å². The molecular weight excluding hydrogens is 479 g/mol. The van der Waals surface area contributed by atoms with Crippen LogP contribution in [0.25, 0.3) is 0 Å². The van der Waals surface area contributed by atoms with Crippen LogP contribution in [0.2, 0.25) is 0 Å². The van der Waals surface area contributed by atoms with Gasteiger partial charge in [0.25, 0.3) is 0 Å². The predicted molar refractivity (Wildman–Crippen MR) is 120 cm³/mol. The standard InChI is InChI=1S/C19H18BrFN4O2S2/c1-3-12-8-13(18(26)27-2)17(29-12)23-19(28)22-16-14(20)10-25(24-16)9-11-6-4-5-7-15(11)21/h4-8,10H,3,9H2,1-2H3,(H2,22,23,24,28). The molecule has 2 heterocycles. The summed E-state index contributed by atoms with van der Waals surface area (Å²) in [6.45, 7) is 2.29. The Balaban J connectivity index is 1.72. The third kappa shape index (κ3) is 5.20. The molecule has 152 valence electrons. The predicted octanol–water partition coefficient (Wildman–Crippen LogP) is 5.05. The summed E-state index contributed by atoms with van der Waals surface area (Å²) in [5.74, 6) is -0.238. The third-order valence-corrected chi connectivity index (χ3v) is 5.98. The number of hydrogen-bond acceptors (Lipinski definition) is 5. The fraction of sp³-hybridized carbons (Fsp3) is 0.211. The van der Waals surface area contributed by atoms with Crippen molar-refractivity contribution in [3.05, 3.63) is 62.8 Å². The Labute approximate surface area is 185 Å². The topological polar surface area (TPSA) is 68.2 Å². The molecule has 1 aromatic carbocycles. The summed E-state index contributed by atoms with van der Waals surface area (Å²) in [6.07, 6.45) is 2.53. The van der Waals surface area contributed by atoms with Crippen molar-refractivity contribution in [1.29, 1.82) is 0 Å². The average molecular weight is 497 g/mol. The molecule has 0 bridgehead atoms. The highest BCUT2D eigenvalue weighted by Gasteiger charge is 2.18. The number of anilines is 2. The summed E-state index contributed by atoms with van der Waals surface area (Å²) < 4.78 is 21.0. The van der Waals surface area contributed by atoms with Gasteiger partial charge in [-0.15, -0.1) is 11.3 Å². The lowest BCUT2D eigenvalue weighted by molar-refractivity contribution is 0.0602. The summed E-state index contributed by atoms with van der Waals surface area (Å²) in [5.41, 5.74) is 0.964. The fourth-order valence-corrected chi connectivity index (χ4v) is 4.24. The summed E-state index contributed by atoms with van der Waals surface area (Å²) in [4.78, 5) is 13.0. The van der Waals surface area contributed by atoms with E-state index < -0.39 is 5.97 Å². The van der Waals surface area contributed by atoms with Crippen molar-refractivity contribution in [3.63, 3.8) is 0 Å². The van der Waals surface area contributed by atoms with Crippen molar-refractivity contribution in [1.82, 2.24) is 9.78 Å². The molecule has 0 aliphatic heterocycles. The number of rotatable bonds is 6. The highest BCUT2D eigenvalue weighted by Crippen LogP contribution is 2.30. The van der Waals surface area contributed by atoms with Gasteiger partial charge in [-0.2, -0.15) is 5.10 Å². The molecule has 10 heteroatoms. The number of hydrogen-bond donors (Lipinski definition) is 2. The molecule has 0 amide bonds. The van der Waals surface area contributed by atoms with E-state index in [1.807, 2.05) is 6.92 Å². The van der Waals surface area contributed by atoms with Crippen molar-refractivity contribution in [2.24, 2.45) is 0 Å². The molecular formula is C19H18BrFN4O2S2. The van der Waals surface area contributed by atoms with E-state index in [1.54, 1.807) is 35.1 Å². The number of halogens is 2. The zero-order valence-corrected chi connectivity index (χ0v) is 18.9. The first-order chi connectivity index (χ1) is 13.9. The second kappa shape index (κ2) is 9.47. The van der Waals surface area contributed by atoms with E-state index in [2.05, 4.69) is 31.7 Å². The van der Waals surface area contributed by atoms with Gasteiger partial charge in [-0.25, -0.2) is 9.18 Å². The number of methoxy groups -OCH3 is 1. The molecule has 29 heavy (non-hydrogen) atoms. The molecule has 2 aromatic heterocycles. The Morgan fingerprint density at radius 3 is 2.83 bits per heavy atom. The quantitative estimate of drug-likeness (QED) is 0.367. The molecule has 0 saturated carbocycles. The first-order valence-corrected chi connectivity index (χ1v) is 10.7. The van der Waals surface area contributed by atoms with Crippen LogP contribution in [-0.2, 0) is 17.7 Å². The van der Waals surface area contributed by atoms with Gasteiger partial charge in [0.05, 0.1) is 23.7 Å². The van der Waals surface area contributed by atoms with Gasteiger partial charge in [0.2, 0.25) is 0 Å². The van der Waals surface area contributed by atoms with Gasteiger partial charge >= 0.3 is 5.97 Å². The maximum absolute atomic E-state index is 13.9. The van der Waals surface area contributed by atoms with Crippen molar-refractivity contribution >= 4 is 61.4 Å². The summed E-state index contributed by atoms with van der Waals surface area (Å²) in [5, 5.41) is 11.3. The van der Waals surface area contributed by atoms with Gasteiger partial charge in [0.1, 0.15) is 10.8 Å². The number of thiocarbonyl (C=S) groups is 1. The van der Waals surface area contributed by atoms with Crippen molar-refractivity contribution in [2.75, 3.05) is 17.7 Å². The van der Waals surface area contributed by atoms with Crippen LogP contribution in [0.4, 0.5) is 15.2 Å². The van der Waals surface area contributed by atoms with Gasteiger partial charge in [-0.05, 0) is 46.7 Å². The van der Waals surface area contributed by atoms with E-state index in [9.17, 15) is 9.18 Å². The number of thiophene rings is 1. The summed E-state index contributed by atoms with van der Waals surface area (Å²) in [6, 6.07) is 8.34. The maximum atomic E-state index is 13.9. The SMILES string of the molecule is CCc1cc(C(=O)OC)c(NC(=S)Nc2nn(Cc3ccccc3F)cc2Br)s1. The number of carbonyl (C=O) groups is 1. The summed E-state index contributed by atoms with van der Waals surface area (Å²) >= 11 is 10.2.